The van der Waals surface area contributed by atoms with Gasteiger partial charge in [0, 0.05) is 87.4 Å². The van der Waals surface area contributed by atoms with Gasteiger partial charge >= 0.3 is 0 Å². The summed E-state index contributed by atoms with van der Waals surface area (Å²) in [6.45, 7) is 11.0. The molecule has 2 aromatic rings. The van der Waals surface area contributed by atoms with Crippen LogP contribution < -0.4 is 22.1 Å². The second kappa shape index (κ2) is 14.9. The van der Waals surface area contributed by atoms with Gasteiger partial charge in [-0.3, -0.25) is 39.8 Å². The third kappa shape index (κ3) is 8.29. The monoisotopic (exact) mass is 620 g/mol. The first-order chi connectivity index (χ1) is 20.2. The fourth-order valence-electron chi connectivity index (χ4n) is 5.22. The summed E-state index contributed by atoms with van der Waals surface area (Å²) in [6.07, 6.45) is 3.86. The minimum atomic E-state index is -0.446. The number of nitro groups is 2. The number of nitrogens with one attached hydrogen (secondary N) is 2. The van der Waals surface area contributed by atoms with Gasteiger partial charge in [-0.2, -0.15) is 0 Å². The van der Waals surface area contributed by atoms with Crippen molar-refractivity contribution >= 4 is 57.6 Å². The highest BCUT2D eigenvalue weighted by molar-refractivity contribution is 7.99. The summed E-state index contributed by atoms with van der Waals surface area (Å²) in [5.41, 5.74) is 13.4. The van der Waals surface area contributed by atoms with Crippen LogP contribution in [0.5, 0.6) is 0 Å². The molecule has 0 aliphatic carbocycles. The van der Waals surface area contributed by atoms with Gasteiger partial charge in [0.05, 0.1) is 34.6 Å². The number of benzene rings is 2. The van der Waals surface area contributed by atoms with Crippen molar-refractivity contribution in [1.29, 1.82) is 0 Å². The predicted molar refractivity (Wildman–Crippen MR) is 172 cm³/mol. The van der Waals surface area contributed by atoms with Crippen molar-refractivity contribution in [2.45, 2.75) is 9.79 Å². The first-order valence-corrected chi connectivity index (χ1v) is 16.2. The minimum Gasteiger partial charge on any atom is -0.393 e. The Labute approximate surface area is 254 Å². The SMILES string of the molecule is CSc1cc(N)c([N+](=O)[O-])cc1NCCN1CCN(CCN2CCN(CCNc3cc([N+](=O)[O-])c(N)cc3SC)C2)C1. The zero-order valence-electron chi connectivity index (χ0n) is 24.1. The molecule has 0 atom stereocenters. The first kappa shape index (κ1) is 31.9. The fraction of sp³-hybridized carbons (Fsp3) is 0.538. The number of nitrogens with zero attached hydrogens (tertiary/aromatic N) is 6. The number of anilines is 4. The zero-order valence-corrected chi connectivity index (χ0v) is 25.7. The van der Waals surface area contributed by atoms with E-state index in [1.807, 2.05) is 12.5 Å². The quantitative estimate of drug-likeness (QED) is 0.0989. The van der Waals surface area contributed by atoms with Gasteiger partial charge < -0.3 is 22.1 Å². The average molecular weight is 621 g/mol. The molecule has 0 amide bonds. The summed E-state index contributed by atoms with van der Waals surface area (Å²) in [4.78, 5) is 33.2. The molecule has 0 bridgehead atoms. The van der Waals surface area contributed by atoms with Crippen LogP contribution in [0.1, 0.15) is 0 Å². The maximum absolute atomic E-state index is 11.3. The smallest absolute Gasteiger partial charge is 0.294 e. The van der Waals surface area contributed by atoms with E-state index in [4.69, 9.17) is 11.5 Å². The maximum atomic E-state index is 11.3. The van der Waals surface area contributed by atoms with E-state index in [0.29, 0.717) is 13.1 Å². The molecule has 0 radical (unpaired) electrons. The van der Waals surface area contributed by atoms with Crippen molar-refractivity contribution < 1.29 is 9.85 Å². The van der Waals surface area contributed by atoms with E-state index < -0.39 is 9.85 Å². The molecule has 2 aromatic carbocycles. The lowest BCUT2D eigenvalue weighted by Crippen LogP contribution is -2.36. The van der Waals surface area contributed by atoms with E-state index in [-0.39, 0.29) is 22.7 Å². The Hall–Kier alpha value is -3.02. The number of nitrogen functional groups attached to an aromatic ring is 2. The first-order valence-electron chi connectivity index (χ1n) is 13.8. The normalized spacial score (nSPS) is 16.7. The van der Waals surface area contributed by atoms with Crippen LogP contribution in [0.4, 0.5) is 34.1 Å². The lowest BCUT2D eigenvalue weighted by molar-refractivity contribution is -0.384. The molecule has 14 nitrogen and oxygen atoms in total. The van der Waals surface area contributed by atoms with Crippen molar-refractivity contribution in [3.63, 3.8) is 0 Å². The fourth-order valence-corrected chi connectivity index (χ4v) is 6.41. The van der Waals surface area contributed by atoms with Crippen molar-refractivity contribution in [3.8, 4) is 0 Å². The predicted octanol–water partition coefficient (Wildman–Crippen LogP) is 2.79. The largest absolute Gasteiger partial charge is 0.393 e. The third-order valence-corrected chi connectivity index (χ3v) is 9.13. The second-order valence-corrected chi connectivity index (χ2v) is 12.0. The van der Waals surface area contributed by atoms with Gasteiger partial charge in [-0.25, -0.2) is 0 Å². The average Bonchev–Trinajstić information content (AvgIpc) is 3.61. The highest BCUT2D eigenvalue weighted by Gasteiger charge is 2.24. The highest BCUT2D eigenvalue weighted by atomic mass is 32.2. The van der Waals surface area contributed by atoms with E-state index in [0.717, 1.165) is 86.9 Å². The number of hydrogen-bond donors (Lipinski definition) is 4. The molecule has 4 rings (SSSR count). The van der Waals surface area contributed by atoms with E-state index >= 15 is 0 Å². The van der Waals surface area contributed by atoms with E-state index in [1.54, 1.807) is 12.1 Å². The molecule has 2 aliphatic rings. The van der Waals surface area contributed by atoms with E-state index in [9.17, 15) is 20.2 Å². The molecule has 2 aliphatic heterocycles. The number of rotatable bonds is 15. The van der Waals surface area contributed by atoms with Gasteiger partial charge in [0.25, 0.3) is 11.4 Å². The van der Waals surface area contributed by atoms with Crippen LogP contribution >= 0.6 is 23.5 Å². The molecule has 0 aromatic heterocycles. The Morgan fingerprint density at radius 2 is 1.05 bits per heavy atom. The van der Waals surface area contributed by atoms with Crippen molar-refractivity contribution in [2.75, 3.05) is 113 Å². The van der Waals surface area contributed by atoms with Gasteiger partial charge in [-0.1, -0.05) is 0 Å². The van der Waals surface area contributed by atoms with Gasteiger partial charge in [0.2, 0.25) is 0 Å². The van der Waals surface area contributed by atoms with E-state index in [1.165, 1.54) is 35.7 Å². The molecular weight excluding hydrogens is 580 g/mol. The molecule has 0 unspecified atom stereocenters. The summed E-state index contributed by atoms with van der Waals surface area (Å²) < 4.78 is 0. The van der Waals surface area contributed by atoms with Crippen LogP contribution in [0.15, 0.2) is 34.1 Å². The molecule has 6 N–H and O–H groups in total. The Balaban J connectivity index is 1.14. The summed E-state index contributed by atoms with van der Waals surface area (Å²) in [5.74, 6) is 0. The summed E-state index contributed by atoms with van der Waals surface area (Å²) in [6, 6.07) is 6.37. The van der Waals surface area contributed by atoms with Crippen LogP contribution in [0.3, 0.4) is 0 Å². The van der Waals surface area contributed by atoms with Crippen LogP contribution in [-0.4, -0.2) is 121 Å². The van der Waals surface area contributed by atoms with E-state index in [2.05, 4.69) is 30.2 Å². The molecule has 42 heavy (non-hydrogen) atoms. The second-order valence-electron chi connectivity index (χ2n) is 10.3. The standard InChI is InChI=1S/C26H40N10O4S2/c1-41-25-13-19(27)23(35(37)38)15-21(25)29-3-5-31-7-9-33(17-31)11-12-34-10-8-32(18-34)6-4-30-22-16-24(36(39)40)20(28)14-26(22)42-2/h13-16,29-30H,3-12,17-18,27-28H2,1-2H3. The molecule has 16 heteroatoms. The van der Waals surface area contributed by atoms with Crippen molar-refractivity contribution in [3.05, 3.63) is 44.5 Å². The molecular formula is C26H40N10O4S2. The Morgan fingerprint density at radius 1 is 0.690 bits per heavy atom. The van der Waals surface area contributed by atoms with Crippen molar-refractivity contribution in [1.82, 2.24) is 19.6 Å². The topological polar surface area (TPSA) is 175 Å². The maximum Gasteiger partial charge on any atom is 0.294 e. The van der Waals surface area contributed by atoms with Crippen LogP contribution in [-0.2, 0) is 0 Å². The molecule has 2 fully saturated rings. The van der Waals surface area contributed by atoms with Gasteiger partial charge in [0.15, 0.2) is 0 Å². The zero-order chi connectivity index (χ0) is 30.2. The number of thioether (sulfide) groups is 2. The molecule has 0 saturated carbocycles. The summed E-state index contributed by atoms with van der Waals surface area (Å²) >= 11 is 3.02. The molecule has 2 saturated heterocycles. The van der Waals surface area contributed by atoms with Crippen molar-refractivity contribution in [2.24, 2.45) is 0 Å². The summed E-state index contributed by atoms with van der Waals surface area (Å²) in [5, 5.41) is 29.3. The minimum absolute atomic E-state index is 0.0720. The highest BCUT2D eigenvalue weighted by Crippen LogP contribution is 2.35. The van der Waals surface area contributed by atoms with Crippen LogP contribution in [0.25, 0.3) is 0 Å². The molecule has 0 spiro atoms. The Morgan fingerprint density at radius 3 is 1.38 bits per heavy atom. The number of nitro benzene ring substituents is 2. The Kier molecular flexibility index (Phi) is 11.3. The number of nitrogens with two attached hydrogens (primary N) is 2. The lowest BCUT2D eigenvalue weighted by Gasteiger charge is -2.22. The van der Waals surface area contributed by atoms with Gasteiger partial charge in [-0.05, 0) is 24.6 Å². The Bertz CT molecular complexity index is 1170. The molecule has 2 heterocycles. The van der Waals surface area contributed by atoms with Crippen LogP contribution in [0, 0.1) is 20.2 Å². The lowest BCUT2D eigenvalue weighted by atomic mass is 10.2. The summed E-state index contributed by atoms with van der Waals surface area (Å²) in [7, 11) is 0. The number of hydrogen-bond acceptors (Lipinski definition) is 14. The van der Waals surface area contributed by atoms with Crippen LogP contribution in [0.2, 0.25) is 0 Å². The van der Waals surface area contributed by atoms with Gasteiger partial charge in [-0.15, -0.1) is 23.5 Å². The molecule has 230 valence electrons. The third-order valence-electron chi connectivity index (χ3n) is 7.58. The van der Waals surface area contributed by atoms with Gasteiger partial charge in [0.1, 0.15) is 11.4 Å².